The van der Waals surface area contributed by atoms with E-state index in [1.165, 1.54) is 23.9 Å². The second-order valence-electron chi connectivity index (χ2n) is 6.86. The summed E-state index contributed by atoms with van der Waals surface area (Å²) < 4.78 is 7.30. The Kier molecular flexibility index (Phi) is 6.24. The highest BCUT2D eigenvalue weighted by atomic mass is 32.2. The fourth-order valence-electron chi connectivity index (χ4n) is 3.30. The van der Waals surface area contributed by atoms with Crippen LogP contribution in [-0.4, -0.2) is 33.2 Å². The third kappa shape index (κ3) is 4.63. The quantitative estimate of drug-likeness (QED) is 0.244. The lowest BCUT2D eigenvalue weighted by Crippen LogP contribution is -2.14. The van der Waals surface area contributed by atoms with Gasteiger partial charge in [-0.3, -0.25) is 19.5 Å². The van der Waals surface area contributed by atoms with Crippen molar-refractivity contribution in [1.29, 1.82) is 5.26 Å². The number of fused-ring (bicyclic) bond motifs is 1. The number of hydrogen-bond acceptors (Lipinski definition) is 7. The maximum atomic E-state index is 12.5. The molecule has 0 aliphatic carbocycles. The summed E-state index contributed by atoms with van der Waals surface area (Å²) in [7, 11) is 1.55. The Balaban J connectivity index is 1.67. The van der Waals surface area contributed by atoms with Crippen molar-refractivity contribution in [3.05, 3.63) is 82.4 Å². The highest BCUT2D eigenvalue weighted by molar-refractivity contribution is 7.99. The van der Waals surface area contributed by atoms with Crippen LogP contribution in [0.15, 0.2) is 71.9 Å². The molecule has 0 radical (unpaired) electrons. The van der Waals surface area contributed by atoms with Gasteiger partial charge in [-0.1, -0.05) is 30.0 Å². The van der Waals surface area contributed by atoms with E-state index in [4.69, 9.17) is 10.00 Å². The normalized spacial score (nSPS) is 10.5. The van der Waals surface area contributed by atoms with Crippen molar-refractivity contribution in [2.45, 2.75) is 5.16 Å². The van der Waals surface area contributed by atoms with Gasteiger partial charge in [-0.15, -0.1) is 0 Å². The van der Waals surface area contributed by atoms with E-state index in [1.807, 2.05) is 28.8 Å². The molecule has 0 bridgehead atoms. The number of imidazole rings is 1. The SMILES string of the molecule is COc1ccccc1-n1c(SCC(=O)Nc2cccc(C#N)c2)nc2cc([N+](=O)[O-])ccc21. The predicted octanol–water partition coefficient (Wildman–Crippen LogP) is 4.54. The molecule has 0 spiro atoms. The van der Waals surface area contributed by atoms with Gasteiger partial charge >= 0.3 is 0 Å². The molecule has 1 aromatic heterocycles. The first-order chi connectivity index (χ1) is 16.0. The van der Waals surface area contributed by atoms with Gasteiger partial charge in [0, 0.05) is 17.8 Å². The second-order valence-corrected chi connectivity index (χ2v) is 7.80. The minimum Gasteiger partial charge on any atom is -0.495 e. The molecule has 0 aliphatic rings. The number of nitriles is 1. The largest absolute Gasteiger partial charge is 0.495 e. The lowest BCUT2D eigenvalue weighted by atomic mass is 10.2. The number of nitrogens with one attached hydrogen (secondary N) is 1. The molecule has 1 heterocycles. The number of non-ortho nitro benzene ring substituents is 1. The van der Waals surface area contributed by atoms with Gasteiger partial charge in [-0.2, -0.15) is 5.26 Å². The predicted molar refractivity (Wildman–Crippen MR) is 125 cm³/mol. The maximum Gasteiger partial charge on any atom is 0.271 e. The van der Waals surface area contributed by atoms with Crippen molar-refractivity contribution in [3.8, 4) is 17.5 Å². The molecule has 10 heteroatoms. The summed E-state index contributed by atoms with van der Waals surface area (Å²) in [5.41, 5.74) is 2.67. The molecule has 0 saturated carbocycles. The van der Waals surface area contributed by atoms with E-state index in [9.17, 15) is 14.9 Å². The third-order valence-corrected chi connectivity index (χ3v) is 5.69. The van der Waals surface area contributed by atoms with Gasteiger partial charge in [0.2, 0.25) is 5.91 Å². The molecule has 1 N–H and O–H groups in total. The first-order valence-corrected chi connectivity index (χ1v) is 10.7. The second kappa shape index (κ2) is 9.42. The Morgan fingerprint density at radius 3 is 2.79 bits per heavy atom. The van der Waals surface area contributed by atoms with Crippen LogP contribution in [0.4, 0.5) is 11.4 Å². The van der Waals surface area contributed by atoms with Crippen molar-refractivity contribution in [2.75, 3.05) is 18.2 Å². The van der Waals surface area contributed by atoms with E-state index in [-0.39, 0.29) is 17.3 Å². The number of nitro groups is 1. The van der Waals surface area contributed by atoms with E-state index >= 15 is 0 Å². The number of amides is 1. The lowest BCUT2D eigenvalue weighted by Gasteiger charge is -2.13. The fourth-order valence-corrected chi connectivity index (χ4v) is 4.12. The van der Waals surface area contributed by atoms with Crippen LogP contribution in [0, 0.1) is 21.4 Å². The van der Waals surface area contributed by atoms with Crippen molar-refractivity contribution in [1.82, 2.24) is 9.55 Å². The average Bonchev–Trinajstić information content (AvgIpc) is 3.20. The molecule has 1 amide bonds. The number of nitrogens with zero attached hydrogens (tertiary/aromatic N) is 4. The topological polar surface area (TPSA) is 123 Å². The Morgan fingerprint density at radius 1 is 1.21 bits per heavy atom. The van der Waals surface area contributed by atoms with E-state index in [1.54, 1.807) is 43.5 Å². The molecule has 0 atom stereocenters. The maximum absolute atomic E-state index is 12.5. The zero-order valence-corrected chi connectivity index (χ0v) is 18.2. The highest BCUT2D eigenvalue weighted by Gasteiger charge is 2.19. The molecule has 4 aromatic rings. The molecule has 164 valence electrons. The number of nitro benzene ring substituents is 1. The minimum atomic E-state index is -0.475. The van der Waals surface area contributed by atoms with E-state index in [2.05, 4.69) is 10.3 Å². The molecule has 3 aromatic carbocycles. The Morgan fingerprint density at radius 2 is 2.03 bits per heavy atom. The van der Waals surface area contributed by atoms with Gasteiger partial charge in [0.25, 0.3) is 5.69 Å². The van der Waals surface area contributed by atoms with Crippen LogP contribution < -0.4 is 10.1 Å². The number of anilines is 1. The average molecular weight is 459 g/mol. The van der Waals surface area contributed by atoms with Crippen LogP contribution in [0.2, 0.25) is 0 Å². The zero-order valence-electron chi connectivity index (χ0n) is 17.4. The van der Waals surface area contributed by atoms with E-state index < -0.39 is 4.92 Å². The van der Waals surface area contributed by atoms with Gasteiger partial charge in [0.05, 0.1) is 46.1 Å². The number of carbonyl (C=O) groups excluding carboxylic acids is 1. The van der Waals surface area contributed by atoms with Crippen molar-refractivity contribution in [3.63, 3.8) is 0 Å². The Bertz CT molecular complexity index is 1410. The van der Waals surface area contributed by atoms with Gasteiger partial charge in [-0.05, 0) is 36.4 Å². The van der Waals surface area contributed by atoms with E-state index in [0.717, 1.165) is 0 Å². The first-order valence-electron chi connectivity index (χ1n) is 9.73. The van der Waals surface area contributed by atoms with Crippen LogP contribution in [0.1, 0.15) is 5.56 Å². The van der Waals surface area contributed by atoms with Crippen LogP contribution in [0.3, 0.4) is 0 Å². The molecule has 4 rings (SSSR count). The summed E-state index contributed by atoms with van der Waals surface area (Å²) in [6, 6.07) is 20.4. The first kappa shape index (κ1) is 21.9. The summed E-state index contributed by atoms with van der Waals surface area (Å²) >= 11 is 1.19. The van der Waals surface area contributed by atoms with Gasteiger partial charge in [0.15, 0.2) is 5.16 Å². The van der Waals surface area contributed by atoms with E-state index in [0.29, 0.717) is 38.9 Å². The van der Waals surface area contributed by atoms with Crippen molar-refractivity contribution >= 4 is 40.1 Å². The number of benzene rings is 3. The van der Waals surface area contributed by atoms with Crippen LogP contribution in [-0.2, 0) is 4.79 Å². The molecular weight excluding hydrogens is 442 g/mol. The number of methoxy groups -OCH3 is 1. The van der Waals surface area contributed by atoms with Gasteiger partial charge < -0.3 is 10.1 Å². The molecule has 9 nitrogen and oxygen atoms in total. The summed E-state index contributed by atoms with van der Waals surface area (Å²) in [5.74, 6) is 0.353. The summed E-state index contributed by atoms with van der Waals surface area (Å²) in [4.78, 5) is 27.8. The molecule has 0 saturated heterocycles. The lowest BCUT2D eigenvalue weighted by molar-refractivity contribution is -0.384. The molecule has 0 unspecified atom stereocenters. The van der Waals surface area contributed by atoms with Crippen LogP contribution in [0.5, 0.6) is 5.75 Å². The highest BCUT2D eigenvalue weighted by Crippen LogP contribution is 2.33. The number of aromatic nitrogens is 2. The zero-order chi connectivity index (χ0) is 23.4. The fraction of sp³-hybridized carbons (Fsp3) is 0.0870. The van der Waals surface area contributed by atoms with Crippen molar-refractivity contribution in [2.24, 2.45) is 0 Å². The smallest absolute Gasteiger partial charge is 0.271 e. The summed E-state index contributed by atoms with van der Waals surface area (Å²) in [6.07, 6.45) is 0. The minimum absolute atomic E-state index is 0.0390. The van der Waals surface area contributed by atoms with Gasteiger partial charge in [0.1, 0.15) is 5.75 Å². The molecular formula is C23H17N5O4S. The number of para-hydroxylation sites is 2. The number of rotatable bonds is 7. The Labute approximate surface area is 192 Å². The summed E-state index contributed by atoms with van der Waals surface area (Å²) in [6.45, 7) is 0. The number of ether oxygens (including phenoxy) is 1. The molecule has 0 aliphatic heterocycles. The monoisotopic (exact) mass is 459 g/mol. The van der Waals surface area contributed by atoms with Crippen LogP contribution in [0.25, 0.3) is 16.7 Å². The summed E-state index contributed by atoms with van der Waals surface area (Å²) in [5, 5.41) is 23.5. The van der Waals surface area contributed by atoms with Gasteiger partial charge in [-0.25, -0.2) is 4.98 Å². The number of thioether (sulfide) groups is 1. The number of hydrogen-bond donors (Lipinski definition) is 1. The standard InChI is InChI=1S/C23H17N5O4S/c1-32-21-8-3-2-7-20(21)27-19-10-9-17(28(30)31)12-18(19)26-23(27)33-14-22(29)25-16-6-4-5-15(11-16)13-24/h2-12H,14H2,1H3,(H,25,29). The Hall–Kier alpha value is -4.36. The molecule has 33 heavy (non-hydrogen) atoms. The number of carbonyl (C=O) groups is 1. The third-order valence-electron chi connectivity index (χ3n) is 4.75. The van der Waals surface area contributed by atoms with Crippen molar-refractivity contribution < 1.29 is 14.5 Å². The molecule has 0 fully saturated rings. The van der Waals surface area contributed by atoms with Crippen LogP contribution >= 0.6 is 11.8 Å².